The quantitative estimate of drug-likeness (QED) is 0.844. The molecule has 1 heterocycles. The summed E-state index contributed by atoms with van der Waals surface area (Å²) in [5.74, 6) is -0.0278. The molecule has 5 nitrogen and oxygen atoms in total. The van der Waals surface area contributed by atoms with Crippen molar-refractivity contribution in [2.24, 2.45) is 0 Å². The summed E-state index contributed by atoms with van der Waals surface area (Å²) in [6.07, 6.45) is 8.93. The maximum absolute atomic E-state index is 12.9. The Morgan fingerprint density at radius 1 is 1.43 bits per heavy atom. The fraction of sp³-hybridized carbons (Fsp3) is 0.625. The highest BCUT2D eigenvalue weighted by Crippen LogP contribution is 2.25. The van der Waals surface area contributed by atoms with Crippen LogP contribution in [-0.2, 0) is 0 Å². The van der Waals surface area contributed by atoms with E-state index >= 15 is 0 Å². The van der Waals surface area contributed by atoms with E-state index in [0.717, 1.165) is 37.9 Å². The van der Waals surface area contributed by atoms with Gasteiger partial charge in [-0.05, 0) is 25.8 Å². The number of aromatic nitrogens is 1. The van der Waals surface area contributed by atoms with E-state index in [2.05, 4.69) is 10.3 Å². The lowest BCUT2D eigenvalue weighted by Crippen LogP contribution is -2.43. The largest absolute Gasteiger partial charge is 0.395 e. The molecular weight excluding hydrogens is 266 g/mol. The van der Waals surface area contributed by atoms with Gasteiger partial charge in [-0.2, -0.15) is 0 Å². The van der Waals surface area contributed by atoms with Crippen molar-refractivity contribution in [1.82, 2.24) is 9.88 Å². The molecular formula is C16H25N3O2. The van der Waals surface area contributed by atoms with Crippen LogP contribution in [0, 0.1) is 0 Å². The fourth-order valence-corrected chi connectivity index (χ4v) is 3.01. The number of hydrogen-bond donors (Lipinski definition) is 2. The Morgan fingerprint density at radius 3 is 2.86 bits per heavy atom. The van der Waals surface area contributed by atoms with Crippen LogP contribution in [0.4, 0.5) is 5.69 Å². The minimum absolute atomic E-state index is 0.000951. The summed E-state index contributed by atoms with van der Waals surface area (Å²) < 4.78 is 0. The molecule has 1 amide bonds. The number of carbonyl (C=O) groups excluding carboxylic acids is 1. The predicted octanol–water partition coefficient (Wildman–Crippen LogP) is 2.28. The van der Waals surface area contributed by atoms with E-state index in [-0.39, 0.29) is 18.6 Å². The summed E-state index contributed by atoms with van der Waals surface area (Å²) >= 11 is 0. The van der Waals surface area contributed by atoms with Gasteiger partial charge in [-0.3, -0.25) is 9.78 Å². The van der Waals surface area contributed by atoms with Gasteiger partial charge < -0.3 is 15.3 Å². The maximum atomic E-state index is 12.9. The number of nitrogens with one attached hydrogen (secondary N) is 1. The molecule has 0 aromatic carbocycles. The molecule has 1 aromatic heterocycles. The van der Waals surface area contributed by atoms with Crippen molar-refractivity contribution in [3.05, 3.63) is 24.0 Å². The van der Waals surface area contributed by atoms with Gasteiger partial charge in [0.25, 0.3) is 5.91 Å². The average molecular weight is 291 g/mol. The van der Waals surface area contributed by atoms with Gasteiger partial charge in [0.2, 0.25) is 0 Å². The maximum Gasteiger partial charge on any atom is 0.257 e. The normalized spacial score (nSPS) is 15.7. The summed E-state index contributed by atoms with van der Waals surface area (Å²) in [7, 11) is 0. The van der Waals surface area contributed by atoms with Crippen LogP contribution in [0.3, 0.4) is 0 Å². The van der Waals surface area contributed by atoms with Crippen molar-refractivity contribution in [1.29, 1.82) is 0 Å². The molecule has 0 unspecified atom stereocenters. The molecule has 2 rings (SSSR count). The van der Waals surface area contributed by atoms with Gasteiger partial charge in [0.05, 0.1) is 17.9 Å². The zero-order valence-electron chi connectivity index (χ0n) is 12.7. The SMILES string of the molecule is CCNc1ccncc1C(=O)N(CCO)C1CCCCC1. The fourth-order valence-electron chi connectivity index (χ4n) is 3.01. The first-order valence-electron chi connectivity index (χ1n) is 7.87. The van der Waals surface area contributed by atoms with Crippen molar-refractivity contribution >= 4 is 11.6 Å². The number of nitrogens with zero attached hydrogens (tertiary/aromatic N) is 2. The zero-order chi connectivity index (χ0) is 15.1. The number of pyridine rings is 1. The minimum Gasteiger partial charge on any atom is -0.395 e. The standard InChI is InChI=1S/C16H25N3O2/c1-2-18-15-8-9-17-12-14(15)16(21)19(10-11-20)13-6-4-3-5-7-13/h8-9,12-13,20H,2-7,10-11H2,1H3,(H,17,18). The first-order chi connectivity index (χ1) is 10.3. The number of hydrogen-bond acceptors (Lipinski definition) is 4. The molecule has 21 heavy (non-hydrogen) atoms. The minimum atomic E-state index is -0.0278. The highest BCUT2D eigenvalue weighted by atomic mass is 16.3. The Balaban J connectivity index is 2.21. The average Bonchev–Trinajstić information content (AvgIpc) is 2.54. The van der Waals surface area contributed by atoms with Crippen LogP contribution in [0.2, 0.25) is 0 Å². The zero-order valence-corrected chi connectivity index (χ0v) is 12.7. The number of aliphatic hydroxyl groups is 1. The molecule has 0 aliphatic heterocycles. The summed E-state index contributed by atoms with van der Waals surface area (Å²) in [6.45, 7) is 3.15. The molecule has 1 saturated carbocycles. The lowest BCUT2D eigenvalue weighted by molar-refractivity contribution is 0.0586. The molecule has 1 aromatic rings. The van der Waals surface area contributed by atoms with E-state index in [1.165, 1.54) is 6.42 Å². The predicted molar refractivity (Wildman–Crippen MR) is 83.4 cm³/mol. The Kier molecular flexibility index (Phi) is 5.99. The van der Waals surface area contributed by atoms with Crippen molar-refractivity contribution in [2.45, 2.75) is 45.1 Å². The summed E-state index contributed by atoms with van der Waals surface area (Å²) in [5, 5.41) is 12.5. The molecule has 2 N–H and O–H groups in total. The van der Waals surface area contributed by atoms with Gasteiger partial charge >= 0.3 is 0 Å². The van der Waals surface area contributed by atoms with E-state index in [9.17, 15) is 9.90 Å². The van der Waals surface area contributed by atoms with Crippen LogP contribution in [0.15, 0.2) is 18.5 Å². The third kappa shape index (κ3) is 3.94. The molecule has 0 bridgehead atoms. The topological polar surface area (TPSA) is 65.5 Å². The Hall–Kier alpha value is -1.62. The monoisotopic (exact) mass is 291 g/mol. The van der Waals surface area contributed by atoms with Crippen molar-refractivity contribution in [3.63, 3.8) is 0 Å². The van der Waals surface area contributed by atoms with Gasteiger partial charge in [0.1, 0.15) is 0 Å². The van der Waals surface area contributed by atoms with Crippen molar-refractivity contribution < 1.29 is 9.90 Å². The van der Waals surface area contributed by atoms with Crippen LogP contribution < -0.4 is 5.32 Å². The van der Waals surface area contributed by atoms with Crippen molar-refractivity contribution in [3.8, 4) is 0 Å². The molecule has 1 aliphatic carbocycles. The smallest absolute Gasteiger partial charge is 0.257 e. The molecule has 1 fully saturated rings. The van der Waals surface area contributed by atoms with Gasteiger partial charge in [-0.1, -0.05) is 19.3 Å². The Bertz CT molecular complexity index is 459. The first-order valence-corrected chi connectivity index (χ1v) is 7.87. The second kappa shape index (κ2) is 7.98. The van der Waals surface area contributed by atoms with E-state index in [0.29, 0.717) is 12.1 Å². The molecule has 0 atom stereocenters. The molecule has 1 aliphatic rings. The first kappa shape index (κ1) is 15.8. The van der Waals surface area contributed by atoms with Gasteiger partial charge in [-0.15, -0.1) is 0 Å². The molecule has 5 heteroatoms. The van der Waals surface area contributed by atoms with Crippen molar-refractivity contribution in [2.75, 3.05) is 25.0 Å². The van der Waals surface area contributed by atoms with Gasteiger partial charge in [0, 0.05) is 31.5 Å². The van der Waals surface area contributed by atoms with Crippen LogP contribution in [0.25, 0.3) is 0 Å². The Morgan fingerprint density at radius 2 is 2.19 bits per heavy atom. The number of aliphatic hydroxyl groups excluding tert-OH is 1. The lowest BCUT2D eigenvalue weighted by Gasteiger charge is -2.34. The molecule has 0 spiro atoms. The second-order valence-electron chi connectivity index (χ2n) is 5.47. The van der Waals surface area contributed by atoms with Crippen LogP contribution in [0.5, 0.6) is 0 Å². The van der Waals surface area contributed by atoms with E-state index in [1.807, 2.05) is 17.9 Å². The highest BCUT2D eigenvalue weighted by Gasteiger charge is 2.27. The molecule has 0 radical (unpaired) electrons. The summed E-state index contributed by atoms with van der Waals surface area (Å²) in [5.41, 5.74) is 1.41. The number of carbonyl (C=O) groups is 1. The highest BCUT2D eigenvalue weighted by molar-refractivity contribution is 5.99. The molecule has 116 valence electrons. The van der Waals surface area contributed by atoms with E-state index < -0.39 is 0 Å². The van der Waals surface area contributed by atoms with Crippen LogP contribution in [0.1, 0.15) is 49.4 Å². The Labute approximate surface area is 126 Å². The third-order valence-electron chi connectivity index (χ3n) is 4.04. The summed E-state index contributed by atoms with van der Waals surface area (Å²) in [4.78, 5) is 18.8. The van der Waals surface area contributed by atoms with E-state index in [4.69, 9.17) is 0 Å². The number of anilines is 1. The van der Waals surface area contributed by atoms with Crippen LogP contribution >= 0.6 is 0 Å². The lowest BCUT2D eigenvalue weighted by atomic mass is 9.93. The molecule has 0 saturated heterocycles. The summed E-state index contributed by atoms with van der Waals surface area (Å²) in [6, 6.07) is 2.07. The number of rotatable bonds is 6. The van der Waals surface area contributed by atoms with E-state index in [1.54, 1.807) is 12.4 Å². The second-order valence-corrected chi connectivity index (χ2v) is 5.47. The van der Waals surface area contributed by atoms with Crippen LogP contribution in [-0.4, -0.2) is 46.6 Å². The number of amides is 1. The van der Waals surface area contributed by atoms with Gasteiger partial charge in [0.15, 0.2) is 0 Å². The third-order valence-corrected chi connectivity index (χ3v) is 4.04. The van der Waals surface area contributed by atoms with Gasteiger partial charge in [-0.25, -0.2) is 0 Å².